The van der Waals surface area contributed by atoms with Gasteiger partial charge in [-0.15, -0.1) is 0 Å². The highest BCUT2D eigenvalue weighted by atomic mass is 32.2. The van der Waals surface area contributed by atoms with Crippen molar-refractivity contribution in [2.24, 2.45) is 0 Å². The molecule has 0 atom stereocenters. The van der Waals surface area contributed by atoms with Gasteiger partial charge in [-0.1, -0.05) is 30.1 Å². The quantitative estimate of drug-likeness (QED) is 0.865. The maximum absolute atomic E-state index is 5.90. The van der Waals surface area contributed by atoms with Gasteiger partial charge >= 0.3 is 0 Å². The zero-order chi connectivity index (χ0) is 13.1. The normalized spacial score (nSPS) is 16.0. The van der Waals surface area contributed by atoms with E-state index in [4.69, 9.17) is 10.3 Å². The fourth-order valence-corrected chi connectivity index (χ4v) is 3.53. The molecule has 2 aromatic rings. The number of para-hydroxylation sites is 1. The molecule has 1 aliphatic rings. The lowest BCUT2D eigenvalue weighted by Crippen LogP contribution is -1.96. The summed E-state index contributed by atoms with van der Waals surface area (Å²) in [5.41, 5.74) is 7.38. The van der Waals surface area contributed by atoms with Gasteiger partial charge in [-0.25, -0.2) is 0 Å². The number of hydrogen-bond donors (Lipinski definition) is 1. The maximum atomic E-state index is 5.90. The van der Waals surface area contributed by atoms with E-state index in [1.165, 1.54) is 25.7 Å². The van der Waals surface area contributed by atoms with Crippen LogP contribution in [0, 0.1) is 0 Å². The van der Waals surface area contributed by atoms with E-state index in [2.05, 4.69) is 10.1 Å². The molecule has 2 N–H and O–H groups in total. The Morgan fingerprint density at radius 2 is 2.05 bits per heavy atom. The van der Waals surface area contributed by atoms with Crippen molar-refractivity contribution in [1.29, 1.82) is 0 Å². The van der Waals surface area contributed by atoms with Crippen LogP contribution in [-0.4, -0.2) is 15.4 Å². The van der Waals surface area contributed by atoms with Crippen molar-refractivity contribution >= 4 is 17.4 Å². The number of nitrogens with zero attached hydrogens (tertiary/aromatic N) is 2. The first-order valence-electron chi connectivity index (χ1n) is 6.62. The van der Waals surface area contributed by atoms with E-state index in [0.717, 1.165) is 22.4 Å². The number of nitrogens with two attached hydrogens (primary N) is 1. The molecule has 1 aromatic heterocycles. The average Bonchev–Trinajstić information content (AvgIpc) is 3.08. The summed E-state index contributed by atoms with van der Waals surface area (Å²) < 4.78 is 5.29. The third kappa shape index (κ3) is 2.92. The number of aromatic nitrogens is 2. The molecular weight excluding hydrogens is 258 g/mol. The molecule has 5 heteroatoms. The Bertz CT molecular complexity index is 549. The highest BCUT2D eigenvalue weighted by Crippen LogP contribution is 2.31. The lowest BCUT2D eigenvalue weighted by atomic mass is 10.2. The zero-order valence-electron chi connectivity index (χ0n) is 10.7. The summed E-state index contributed by atoms with van der Waals surface area (Å²) in [6, 6.07) is 7.55. The Morgan fingerprint density at radius 1 is 1.26 bits per heavy atom. The van der Waals surface area contributed by atoms with Crippen LogP contribution in [0.25, 0.3) is 11.5 Å². The van der Waals surface area contributed by atoms with Crippen LogP contribution in [0.4, 0.5) is 5.69 Å². The molecule has 4 nitrogen and oxygen atoms in total. The summed E-state index contributed by atoms with van der Waals surface area (Å²) >= 11 is 1.93. The van der Waals surface area contributed by atoms with Crippen molar-refractivity contribution in [1.82, 2.24) is 10.1 Å². The van der Waals surface area contributed by atoms with Crippen LogP contribution in [0.15, 0.2) is 28.8 Å². The monoisotopic (exact) mass is 275 g/mol. The summed E-state index contributed by atoms with van der Waals surface area (Å²) in [4.78, 5) is 4.42. The summed E-state index contributed by atoms with van der Waals surface area (Å²) in [5, 5.41) is 4.80. The molecule has 0 saturated heterocycles. The summed E-state index contributed by atoms with van der Waals surface area (Å²) in [6.45, 7) is 0. The predicted molar refractivity (Wildman–Crippen MR) is 77.7 cm³/mol. The lowest BCUT2D eigenvalue weighted by Gasteiger charge is -2.04. The molecule has 0 aliphatic heterocycles. The van der Waals surface area contributed by atoms with E-state index in [1.807, 2.05) is 36.0 Å². The highest BCUT2D eigenvalue weighted by molar-refractivity contribution is 7.99. The number of hydrogen-bond acceptors (Lipinski definition) is 5. The van der Waals surface area contributed by atoms with Crippen LogP contribution < -0.4 is 5.73 Å². The van der Waals surface area contributed by atoms with Gasteiger partial charge in [0.1, 0.15) is 0 Å². The first-order chi connectivity index (χ1) is 9.33. The minimum Gasteiger partial charge on any atom is -0.398 e. The topological polar surface area (TPSA) is 64.9 Å². The smallest absolute Gasteiger partial charge is 0.260 e. The van der Waals surface area contributed by atoms with Gasteiger partial charge in [-0.2, -0.15) is 16.7 Å². The van der Waals surface area contributed by atoms with E-state index < -0.39 is 0 Å². The Kier molecular flexibility index (Phi) is 3.73. The molecule has 0 bridgehead atoms. The Hall–Kier alpha value is -1.49. The fourth-order valence-electron chi connectivity index (χ4n) is 2.36. The molecule has 1 saturated carbocycles. The molecule has 1 aromatic carbocycles. The summed E-state index contributed by atoms with van der Waals surface area (Å²) in [5.74, 6) is 2.09. The Morgan fingerprint density at radius 3 is 2.84 bits per heavy atom. The van der Waals surface area contributed by atoms with Gasteiger partial charge in [0.15, 0.2) is 5.82 Å². The molecular formula is C14H17N3OS. The van der Waals surface area contributed by atoms with Gasteiger partial charge in [0.05, 0.1) is 11.3 Å². The van der Waals surface area contributed by atoms with Crippen molar-refractivity contribution in [3.8, 4) is 11.5 Å². The lowest BCUT2D eigenvalue weighted by molar-refractivity contribution is 0.425. The molecule has 100 valence electrons. The average molecular weight is 275 g/mol. The molecule has 1 fully saturated rings. The molecule has 0 unspecified atom stereocenters. The summed E-state index contributed by atoms with van der Waals surface area (Å²) in [6.07, 6.45) is 5.35. The van der Waals surface area contributed by atoms with Gasteiger partial charge in [0.2, 0.25) is 0 Å². The van der Waals surface area contributed by atoms with Gasteiger partial charge in [0.25, 0.3) is 5.89 Å². The first-order valence-corrected chi connectivity index (χ1v) is 7.67. The van der Waals surface area contributed by atoms with Crippen molar-refractivity contribution in [3.63, 3.8) is 0 Å². The van der Waals surface area contributed by atoms with E-state index in [9.17, 15) is 0 Å². The SMILES string of the molecule is Nc1ccccc1-c1nc(CSC2CCCC2)no1. The number of nitrogen functional groups attached to an aromatic ring is 1. The molecule has 1 heterocycles. The third-order valence-electron chi connectivity index (χ3n) is 3.41. The van der Waals surface area contributed by atoms with Crippen LogP contribution >= 0.6 is 11.8 Å². The molecule has 0 radical (unpaired) electrons. The van der Waals surface area contributed by atoms with Crippen LogP contribution in [0.3, 0.4) is 0 Å². The van der Waals surface area contributed by atoms with E-state index in [1.54, 1.807) is 0 Å². The Labute approximate surface area is 116 Å². The number of rotatable bonds is 4. The van der Waals surface area contributed by atoms with Crippen LogP contribution in [0.1, 0.15) is 31.5 Å². The highest BCUT2D eigenvalue weighted by Gasteiger charge is 2.17. The second kappa shape index (κ2) is 5.65. The van der Waals surface area contributed by atoms with E-state index in [0.29, 0.717) is 11.6 Å². The Balaban J connectivity index is 1.67. The zero-order valence-corrected chi connectivity index (χ0v) is 11.5. The summed E-state index contributed by atoms with van der Waals surface area (Å²) in [7, 11) is 0. The van der Waals surface area contributed by atoms with Gasteiger partial charge in [-0.05, 0) is 25.0 Å². The van der Waals surface area contributed by atoms with Crippen molar-refractivity contribution < 1.29 is 4.52 Å². The molecule has 3 rings (SSSR count). The molecule has 1 aliphatic carbocycles. The number of thioether (sulfide) groups is 1. The van der Waals surface area contributed by atoms with Crippen LogP contribution in [-0.2, 0) is 5.75 Å². The standard InChI is InChI=1S/C14H17N3OS/c15-12-8-4-3-7-11(12)14-16-13(17-18-14)9-19-10-5-1-2-6-10/h3-4,7-8,10H,1-2,5-6,9,15H2. The van der Waals surface area contributed by atoms with Gasteiger partial charge in [0, 0.05) is 10.9 Å². The van der Waals surface area contributed by atoms with Gasteiger partial charge < -0.3 is 10.3 Å². The second-order valence-electron chi connectivity index (χ2n) is 4.82. The first kappa shape index (κ1) is 12.5. The molecule has 19 heavy (non-hydrogen) atoms. The second-order valence-corrected chi connectivity index (χ2v) is 6.11. The minimum absolute atomic E-state index is 0.514. The third-order valence-corrected chi connectivity index (χ3v) is 4.78. The van der Waals surface area contributed by atoms with Crippen molar-refractivity contribution in [2.45, 2.75) is 36.7 Å². The van der Waals surface area contributed by atoms with Crippen LogP contribution in [0.5, 0.6) is 0 Å². The van der Waals surface area contributed by atoms with Crippen molar-refractivity contribution in [2.75, 3.05) is 5.73 Å². The molecule has 0 spiro atoms. The van der Waals surface area contributed by atoms with Gasteiger partial charge in [-0.3, -0.25) is 0 Å². The largest absolute Gasteiger partial charge is 0.398 e. The molecule has 0 amide bonds. The van der Waals surface area contributed by atoms with E-state index >= 15 is 0 Å². The number of benzene rings is 1. The minimum atomic E-state index is 0.514. The fraction of sp³-hybridized carbons (Fsp3) is 0.429. The van der Waals surface area contributed by atoms with E-state index in [-0.39, 0.29) is 0 Å². The maximum Gasteiger partial charge on any atom is 0.260 e. The van der Waals surface area contributed by atoms with Crippen LogP contribution in [0.2, 0.25) is 0 Å². The predicted octanol–water partition coefficient (Wildman–Crippen LogP) is 3.49. The van der Waals surface area contributed by atoms with Crippen molar-refractivity contribution in [3.05, 3.63) is 30.1 Å². The number of anilines is 1.